The number of azide groups is 1. The van der Waals surface area contributed by atoms with Gasteiger partial charge in [0.1, 0.15) is 5.52 Å². The van der Waals surface area contributed by atoms with Crippen molar-refractivity contribution in [3.05, 3.63) is 46.2 Å². The van der Waals surface area contributed by atoms with E-state index in [4.69, 9.17) is 9.95 Å². The van der Waals surface area contributed by atoms with Crippen molar-refractivity contribution < 1.29 is 4.42 Å². The molecule has 0 aliphatic rings. The average molecular weight is 242 g/mol. The number of fused-ring (bicyclic) bond motifs is 1. The topological polar surface area (TPSA) is 74.8 Å². The van der Waals surface area contributed by atoms with Crippen molar-refractivity contribution in [2.75, 3.05) is 0 Å². The highest BCUT2D eigenvalue weighted by atomic mass is 32.1. The summed E-state index contributed by atoms with van der Waals surface area (Å²) in [4.78, 5) is 8.07. The van der Waals surface area contributed by atoms with E-state index in [-0.39, 0.29) is 0 Å². The van der Waals surface area contributed by atoms with Crippen LogP contribution in [0.4, 0.5) is 5.69 Å². The van der Waals surface area contributed by atoms with Crippen LogP contribution in [0, 0.1) is 0 Å². The Balaban J connectivity index is 2.16. The van der Waals surface area contributed by atoms with E-state index in [0.717, 1.165) is 4.88 Å². The van der Waals surface area contributed by atoms with Gasteiger partial charge in [0.15, 0.2) is 5.58 Å². The van der Waals surface area contributed by atoms with Crippen LogP contribution < -0.4 is 0 Å². The Labute approximate surface area is 100.0 Å². The lowest BCUT2D eigenvalue weighted by Crippen LogP contribution is -1.69. The molecular formula is C11H6N4OS. The van der Waals surface area contributed by atoms with Gasteiger partial charge < -0.3 is 4.42 Å². The van der Waals surface area contributed by atoms with Gasteiger partial charge in [0.05, 0.1) is 4.88 Å². The van der Waals surface area contributed by atoms with E-state index < -0.39 is 0 Å². The van der Waals surface area contributed by atoms with E-state index in [1.807, 2.05) is 17.5 Å². The normalized spacial score (nSPS) is 10.4. The van der Waals surface area contributed by atoms with Crippen molar-refractivity contribution in [2.24, 2.45) is 5.11 Å². The second-order valence-corrected chi connectivity index (χ2v) is 4.29. The first-order valence-corrected chi connectivity index (χ1v) is 5.74. The molecule has 6 heteroatoms. The zero-order valence-corrected chi connectivity index (χ0v) is 9.39. The highest BCUT2D eigenvalue weighted by molar-refractivity contribution is 7.13. The van der Waals surface area contributed by atoms with Crippen molar-refractivity contribution in [1.29, 1.82) is 0 Å². The molecule has 17 heavy (non-hydrogen) atoms. The molecule has 2 heterocycles. The molecule has 0 bridgehead atoms. The van der Waals surface area contributed by atoms with Crippen LogP contribution in [-0.4, -0.2) is 4.98 Å². The minimum Gasteiger partial charge on any atom is -0.435 e. The van der Waals surface area contributed by atoms with Gasteiger partial charge >= 0.3 is 0 Å². The molecule has 3 rings (SSSR count). The number of hydrogen-bond acceptors (Lipinski definition) is 4. The first kappa shape index (κ1) is 9.89. The van der Waals surface area contributed by atoms with Crippen LogP contribution in [0.15, 0.2) is 45.2 Å². The lowest BCUT2D eigenvalue weighted by molar-refractivity contribution is 0.621. The standard InChI is InChI=1S/C11H6N4OS/c12-15-14-7-3-4-9-8(6-7)13-11(16-9)10-2-1-5-17-10/h1-6H. The zero-order valence-electron chi connectivity index (χ0n) is 8.57. The fourth-order valence-electron chi connectivity index (χ4n) is 1.54. The molecule has 3 aromatic rings. The molecule has 1 aromatic carbocycles. The molecule has 0 aliphatic carbocycles. The van der Waals surface area contributed by atoms with Gasteiger partial charge in [-0.05, 0) is 35.2 Å². The van der Waals surface area contributed by atoms with Crippen LogP contribution >= 0.6 is 11.3 Å². The van der Waals surface area contributed by atoms with Crippen molar-refractivity contribution in [3.63, 3.8) is 0 Å². The third-order valence-corrected chi connectivity index (χ3v) is 3.12. The van der Waals surface area contributed by atoms with Crippen LogP contribution in [0.1, 0.15) is 0 Å². The Bertz CT molecular complexity index is 710. The summed E-state index contributed by atoms with van der Waals surface area (Å²) in [6.07, 6.45) is 0. The van der Waals surface area contributed by atoms with E-state index in [0.29, 0.717) is 22.7 Å². The predicted octanol–water partition coefficient (Wildman–Crippen LogP) is 4.50. The summed E-state index contributed by atoms with van der Waals surface area (Å²) in [5.41, 5.74) is 10.3. The summed E-state index contributed by atoms with van der Waals surface area (Å²) in [6.45, 7) is 0. The number of rotatable bonds is 2. The number of oxazole rings is 1. The minimum absolute atomic E-state index is 0.533. The molecule has 0 saturated carbocycles. The van der Waals surface area contributed by atoms with Gasteiger partial charge in [-0.2, -0.15) is 0 Å². The molecule has 2 aromatic heterocycles. The summed E-state index contributed by atoms with van der Waals surface area (Å²) < 4.78 is 5.61. The molecule has 0 atom stereocenters. The first-order chi connectivity index (χ1) is 8.36. The molecule has 0 saturated heterocycles. The molecule has 5 nitrogen and oxygen atoms in total. The van der Waals surface area contributed by atoms with Crippen molar-refractivity contribution >= 4 is 28.1 Å². The van der Waals surface area contributed by atoms with E-state index in [2.05, 4.69) is 15.0 Å². The Morgan fingerprint density at radius 1 is 1.35 bits per heavy atom. The summed E-state index contributed by atoms with van der Waals surface area (Å²) in [7, 11) is 0. The lowest BCUT2D eigenvalue weighted by atomic mass is 10.3. The summed E-state index contributed by atoms with van der Waals surface area (Å²) in [6, 6.07) is 9.05. The van der Waals surface area contributed by atoms with Crippen LogP contribution in [-0.2, 0) is 0 Å². The van der Waals surface area contributed by atoms with Crippen molar-refractivity contribution in [1.82, 2.24) is 4.98 Å². The highest BCUT2D eigenvalue weighted by Crippen LogP contribution is 2.29. The minimum atomic E-state index is 0.533. The van der Waals surface area contributed by atoms with E-state index in [1.165, 1.54) is 0 Å². The van der Waals surface area contributed by atoms with Crippen LogP contribution in [0.2, 0.25) is 0 Å². The second kappa shape index (κ2) is 3.93. The Kier molecular flexibility index (Phi) is 2.29. The molecule has 0 amide bonds. The van der Waals surface area contributed by atoms with Gasteiger partial charge in [-0.1, -0.05) is 11.2 Å². The number of nitrogens with zero attached hydrogens (tertiary/aromatic N) is 4. The van der Waals surface area contributed by atoms with E-state index in [1.54, 1.807) is 29.5 Å². The molecule has 0 fully saturated rings. The Morgan fingerprint density at radius 3 is 3.06 bits per heavy atom. The van der Waals surface area contributed by atoms with Crippen LogP contribution in [0.5, 0.6) is 0 Å². The van der Waals surface area contributed by atoms with E-state index >= 15 is 0 Å². The Hall–Kier alpha value is -2.30. The number of aromatic nitrogens is 1. The van der Waals surface area contributed by atoms with Gasteiger partial charge in [-0.3, -0.25) is 0 Å². The molecular weight excluding hydrogens is 236 g/mol. The third-order valence-electron chi connectivity index (χ3n) is 2.26. The molecule has 82 valence electrons. The maximum absolute atomic E-state index is 8.36. The number of hydrogen-bond donors (Lipinski definition) is 0. The van der Waals surface area contributed by atoms with Crippen molar-refractivity contribution in [2.45, 2.75) is 0 Å². The fraction of sp³-hybridized carbons (Fsp3) is 0. The second-order valence-electron chi connectivity index (χ2n) is 3.34. The van der Waals surface area contributed by atoms with Gasteiger partial charge in [-0.25, -0.2) is 4.98 Å². The monoisotopic (exact) mass is 242 g/mol. The molecule has 0 aliphatic heterocycles. The summed E-state index contributed by atoms with van der Waals surface area (Å²) in [5.74, 6) is 0.591. The molecule has 0 spiro atoms. The van der Waals surface area contributed by atoms with Gasteiger partial charge in [0.2, 0.25) is 5.89 Å². The molecule has 0 unspecified atom stereocenters. The van der Waals surface area contributed by atoms with Gasteiger partial charge in [-0.15, -0.1) is 11.3 Å². The Morgan fingerprint density at radius 2 is 2.29 bits per heavy atom. The zero-order chi connectivity index (χ0) is 11.7. The molecule has 0 N–H and O–H groups in total. The molecule has 0 radical (unpaired) electrons. The maximum Gasteiger partial charge on any atom is 0.237 e. The first-order valence-electron chi connectivity index (χ1n) is 4.86. The van der Waals surface area contributed by atoms with Crippen molar-refractivity contribution in [3.8, 4) is 10.8 Å². The van der Waals surface area contributed by atoms with Gasteiger partial charge in [0, 0.05) is 10.6 Å². The predicted molar refractivity (Wildman–Crippen MR) is 66.1 cm³/mol. The third kappa shape index (κ3) is 1.75. The lowest BCUT2D eigenvalue weighted by Gasteiger charge is -1.88. The highest BCUT2D eigenvalue weighted by Gasteiger charge is 2.08. The van der Waals surface area contributed by atoms with E-state index in [9.17, 15) is 0 Å². The summed E-state index contributed by atoms with van der Waals surface area (Å²) in [5, 5.41) is 5.50. The van der Waals surface area contributed by atoms with Crippen LogP contribution in [0.25, 0.3) is 32.3 Å². The number of benzene rings is 1. The maximum atomic E-state index is 8.36. The number of thiophene rings is 1. The summed E-state index contributed by atoms with van der Waals surface area (Å²) >= 11 is 1.57. The fourth-order valence-corrected chi connectivity index (χ4v) is 2.18. The average Bonchev–Trinajstić information content (AvgIpc) is 2.97. The smallest absolute Gasteiger partial charge is 0.237 e. The largest absolute Gasteiger partial charge is 0.435 e. The van der Waals surface area contributed by atoms with Crippen LogP contribution in [0.3, 0.4) is 0 Å². The van der Waals surface area contributed by atoms with Gasteiger partial charge in [0.25, 0.3) is 0 Å². The SMILES string of the molecule is [N-]=[N+]=Nc1ccc2oc(-c3cccs3)nc2c1. The quantitative estimate of drug-likeness (QED) is 0.377.